The lowest BCUT2D eigenvalue weighted by Gasteiger charge is -2.29. The number of ketones is 1. The van der Waals surface area contributed by atoms with Gasteiger partial charge >= 0.3 is 0 Å². The van der Waals surface area contributed by atoms with Crippen molar-refractivity contribution in [3.63, 3.8) is 0 Å². The molecule has 1 atom stereocenters. The molecule has 6 heteroatoms. The molecule has 36 heavy (non-hydrogen) atoms. The van der Waals surface area contributed by atoms with Gasteiger partial charge in [-0.25, -0.2) is 0 Å². The van der Waals surface area contributed by atoms with E-state index in [0.717, 1.165) is 24.0 Å². The lowest BCUT2D eigenvalue weighted by atomic mass is 9.89. The van der Waals surface area contributed by atoms with Crippen LogP contribution in [0.4, 0.5) is 0 Å². The Balaban J connectivity index is 2.00. The van der Waals surface area contributed by atoms with Crippen molar-refractivity contribution in [2.24, 2.45) is 0 Å². The molecule has 0 spiro atoms. The van der Waals surface area contributed by atoms with Gasteiger partial charge in [-0.2, -0.15) is 0 Å². The summed E-state index contributed by atoms with van der Waals surface area (Å²) in [5, 5.41) is 41.8. The average Bonchev–Trinajstić information content (AvgIpc) is 2.78. The first-order valence-corrected chi connectivity index (χ1v) is 12.2. The van der Waals surface area contributed by atoms with Crippen LogP contribution in [0.2, 0.25) is 0 Å². The van der Waals surface area contributed by atoms with Crippen molar-refractivity contribution in [3.05, 3.63) is 75.4 Å². The van der Waals surface area contributed by atoms with Gasteiger partial charge in [0.25, 0.3) is 0 Å². The van der Waals surface area contributed by atoms with Crippen molar-refractivity contribution in [2.75, 3.05) is 0 Å². The molecule has 0 radical (unpaired) electrons. The van der Waals surface area contributed by atoms with Crippen LogP contribution in [0.1, 0.15) is 87.0 Å². The van der Waals surface area contributed by atoms with Gasteiger partial charge in [-0.15, -0.1) is 0 Å². The van der Waals surface area contributed by atoms with Gasteiger partial charge in [0, 0.05) is 22.8 Å². The van der Waals surface area contributed by atoms with E-state index >= 15 is 0 Å². The van der Waals surface area contributed by atoms with Gasteiger partial charge in [0.2, 0.25) is 0 Å². The van der Waals surface area contributed by atoms with E-state index in [4.69, 9.17) is 4.74 Å². The maximum atomic E-state index is 13.1. The van der Waals surface area contributed by atoms with Gasteiger partial charge in [0.15, 0.2) is 17.3 Å². The highest BCUT2D eigenvalue weighted by Crippen LogP contribution is 2.47. The quantitative estimate of drug-likeness (QED) is 0.234. The molecule has 1 aliphatic heterocycles. The predicted octanol–water partition coefficient (Wildman–Crippen LogP) is 6.96. The third kappa shape index (κ3) is 6.11. The SMILES string of the molecule is CC(C)=CCC/C(C)=C/Cc1c([C@@H]2CC(=O)c3c(O)cc(O)c(CC=C(C)C)c3O2)ccc(O)c1O. The lowest BCUT2D eigenvalue weighted by Crippen LogP contribution is -2.22. The topological polar surface area (TPSA) is 107 Å². The van der Waals surface area contributed by atoms with E-state index in [1.165, 1.54) is 17.7 Å². The van der Waals surface area contributed by atoms with Crippen LogP contribution in [0, 0.1) is 0 Å². The van der Waals surface area contributed by atoms with Crippen molar-refractivity contribution in [2.45, 2.75) is 72.8 Å². The summed E-state index contributed by atoms with van der Waals surface area (Å²) < 4.78 is 6.26. The highest BCUT2D eigenvalue weighted by Gasteiger charge is 2.35. The largest absolute Gasteiger partial charge is 0.507 e. The highest BCUT2D eigenvalue weighted by molar-refractivity contribution is 6.03. The fourth-order valence-corrected chi connectivity index (χ4v) is 4.33. The Kier molecular flexibility index (Phi) is 8.51. The van der Waals surface area contributed by atoms with Crippen LogP contribution in [-0.2, 0) is 12.8 Å². The van der Waals surface area contributed by atoms with Gasteiger partial charge in [-0.1, -0.05) is 41.0 Å². The Labute approximate surface area is 212 Å². The zero-order valence-corrected chi connectivity index (χ0v) is 21.7. The molecule has 0 saturated carbocycles. The summed E-state index contributed by atoms with van der Waals surface area (Å²) in [5.74, 6) is -1.13. The number of allylic oxidation sites excluding steroid dienone is 6. The standard InChI is InChI=1S/C30H36O6/c1-17(2)7-6-8-19(5)10-12-21-20(13-14-23(31)29(21)35)27-16-26(34)28-25(33)15-24(32)22(30(28)36-27)11-9-18(3)4/h7,9-10,13-15,27,31-33,35H,6,8,11-12,16H2,1-5H3/b19-10+/t27-/m0/s1. The minimum Gasteiger partial charge on any atom is -0.507 e. The summed E-state index contributed by atoms with van der Waals surface area (Å²) in [7, 11) is 0. The molecule has 0 unspecified atom stereocenters. The zero-order chi connectivity index (χ0) is 26.6. The van der Waals surface area contributed by atoms with Crippen LogP contribution in [0.5, 0.6) is 28.7 Å². The third-order valence-electron chi connectivity index (χ3n) is 6.35. The third-order valence-corrected chi connectivity index (χ3v) is 6.35. The van der Waals surface area contributed by atoms with Crippen molar-refractivity contribution < 1.29 is 30.0 Å². The number of rotatable bonds is 8. The molecule has 3 rings (SSSR count). The number of phenolic OH excluding ortho intramolecular Hbond substituents is 4. The summed E-state index contributed by atoms with van der Waals surface area (Å²) in [4.78, 5) is 13.1. The van der Waals surface area contributed by atoms with Crippen LogP contribution in [-0.4, -0.2) is 26.2 Å². The first-order chi connectivity index (χ1) is 17.0. The molecule has 2 aromatic carbocycles. The van der Waals surface area contributed by atoms with Gasteiger partial charge in [0.05, 0.1) is 6.42 Å². The molecule has 0 aliphatic carbocycles. The van der Waals surface area contributed by atoms with Crippen molar-refractivity contribution in [1.29, 1.82) is 0 Å². The molecule has 2 aromatic rings. The number of fused-ring (bicyclic) bond motifs is 1. The molecule has 0 bridgehead atoms. The molecule has 0 saturated heterocycles. The fraction of sp³-hybridized carbons (Fsp3) is 0.367. The first-order valence-electron chi connectivity index (χ1n) is 12.2. The van der Waals surface area contributed by atoms with E-state index in [1.54, 1.807) is 6.07 Å². The van der Waals surface area contributed by atoms with Crippen molar-refractivity contribution >= 4 is 5.78 Å². The minimum absolute atomic E-state index is 0.0477. The van der Waals surface area contributed by atoms with E-state index < -0.39 is 6.10 Å². The number of ether oxygens (including phenoxy) is 1. The molecule has 1 heterocycles. The first kappa shape index (κ1) is 26.9. The highest BCUT2D eigenvalue weighted by atomic mass is 16.5. The van der Waals surface area contributed by atoms with E-state index in [0.29, 0.717) is 29.5 Å². The number of hydrogen-bond acceptors (Lipinski definition) is 6. The summed E-state index contributed by atoms with van der Waals surface area (Å²) in [6.45, 7) is 10.0. The summed E-state index contributed by atoms with van der Waals surface area (Å²) in [5.41, 5.74) is 4.97. The van der Waals surface area contributed by atoms with Gasteiger partial charge in [-0.05, 0) is 66.4 Å². The lowest BCUT2D eigenvalue weighted by molar-refractivity contribution is 0.0841. The van der Waals surface area contributed by atoms with Gasteiger partial charge in [0.1, 0.15) is 28.9 Å². The van der Waals surface area contributed by atoms with Crippen LogP contribution >= 0.6 is 0 Å². The predicted molar refractivity (Wildman–Crippen MR) is 141 cm³/mol. The summed E-state index contributed by atoms with van der Waals surface area (Å²) >= 11 is 0. The Morgan fingerprint density at radius 1 is 0.889 bits per heavy atom. The second kappa shape index (κ2) is 11.4. The van der Waals surface area contributed by atoms with E-state index in [1.807, 2.05) is 32.9 Å². The Bertz CT molecular complexity index is 1240. The Hall–Kier alpha value is -3.67. The number of Topliss-reactive ketones (excluding diaryl/α,β-unsaturated/α-hetero) is 1. The summed E-state index contributed by atoms with van der Waals surface area (Å²) in [6.07, 6.45) is 7.76. The molecule has 0 fully saturated rings. The number of carbonyl (C=O) groups is 1. The summed E-state index contributed by atoms with van der Waals surface area (Å²) in [6, 6.07) is 4.21. The Morgan fingerprint density at radius 3 is 2.22 bits per heavy atom. The monoisotopic (exact) mass is 492 g/mol. The maximum absolute atomic E-state index is 13.1. The molecule has 4 N–H and O–H groups in total. The minimum atomic E-state index is -0.752. The average molecular weight is 493 g/mol. The number of benzene rings is 2. The van der Waals surface area contributed by atoms with Crippen molar-refractivity contribution in [1.82, 2.24) is 0 Å². The van der Waals surface area contributed by atoms with E-state index in [-0.39, 0.29) is 46.5 Å². The number of phenols is 4. The molecule has 1 aliphatic rings. The normalized spacial score (nSPS) is 15.2. The Morgan fingerprint density at radius 2 is 1.56 bits per heavy atom. The van der Waals surface area contributed by atoms with Crippen LogP contribution < -0.4 is 4.74 Å². The fourth-order valence-electron chi connectivity index (χ4n) is 4.33. The van der Waals surface area contributed by atoms with Crippen LogP contribution in [0.25, 0.3) is 0 Å². The molecular weight excluding hydrogens is 456 g/mol. The molecule has 192 valence electrons. The van der Waals surface area contributed by atoms with E-state index in [2.05, 4.69) is 19.9 Å². The van der Waals surface area contributed by atoms with E-state index in [9.17, 15) is 25.2 Å². The zero-order valence-electron chi connectivity index (χ0n) is 21.7. The molecule has 6 nitrogen and oxygen atoms in total. The van der Waals surface area contributed by atoms with Gasteiger partial charge in [-0.3, -0.25) is 4.79 Å². The molecular formula is C30H36O6. The van der Waals surface area contributed by atoms with Crippen LogP contribution in [0.15, 0.2) is 53.1 Å². The smallest absolute Gasteiger partial charge is 0.174 e. The molecule has 0 amide bonds. The maximum Gasteiger partial charge on any atom is 0.174 e. The second-order valence-corrected chi connectivity index (χ2v) is 9.89. The van der Waals surface area contributed by atoms with Gasteiger partial charge < -0.3 is 25.2 Å². The second-order valence-electron chi connectivity index (χ2n) is 9.89. The number of hydrogen-bond donors (Lipinski definition) is 4. The van der Waals surface area contributed by atoms with Crippen molar-refractivity contribution in [3.8, 4) is 28.7 Å². The number of carbonyl (C=O) groups excluding carboxylic acids is 1. The molecule has 0 aromatic heterocycles. The van der Waals surface area contributed by atoms with Crippen LogP contribution in [0.3, 0.4) is 0 Å². The number of aromatic hydroxyl groups is 4.